The number of aromatic nitrogens is 1. The van der Waals surface area contributed by atoms with Gasteiger partial charge >= 0.3 is 17.9 Å². The number of aliphatic hydroxyl groups excluding tert-OH is 1. The van der Waals surface area contributed by atoms with E-state index in [4.69, 9.17) is 42.6 Å². The molecule has 0 aliphatic carbocycles. The van der Waals surface area contributed by atoms with E-state index in [-0.39, 0.29) is 55.8 Å². The Morgan fingerprint density at radius 2 is 1.57 bits per heavy atom. The minimum atomic E-state index is -1.81. The molecule has 17 heteroatoms. The van der Waals surface area contributed by atoms with Crippen LogP contribution in [0.15, 0.2) is 36.5 Å². The molecule has 3 aliphatic rings. The fourth-order valence-corrected chi connectivity index (χ4v) is 11.1. The summed E-state index contributed by atoms with van der Waals surface area (Å²) >= 11 is 0. The predicted molar refractivity (Wildman–Crippen MR) is 255 cm³/mol. The van der Waals surface area contributed by atoms with Crippen molar-refractivity contribution in [2.45, 2.75) is 186 Å². The normalized spacial score (nSPS) is 39.7. The molecule has 1 aromatic heterocycles. The number of hydrogen-bond donors (Lipinski definition) is 2. The van der Waals surface area contributed by atoms with E-state index >= 15 is 0 Å². The fourth-order valence-electron chi connectivity index (χ4n) is 11.1. The smallest absolute Gasteiger partial charge is 0.339 e. The van der Waals surface area contributed by atoms with Crippen molar-refractivity contribution in [1.29, 1.82) is 0 Å². The first kappa shape index (κ1) is 56.3. The number of hydrogen-bond acceptors (Lipinski definition) is 17. The Hall–Kier alpha value is -3.65. The molecule has 388 valence electrons. The van der Waals surface area contributed by atoms with Crippen molar-refractivity contribution in [3.63, 3.8) is 0 Å². The standard InChI is InChI=1S/C52H80N2O15/c1-16-40-52(11,60)37(21-22-63-48(59)36-24-35-19-17-18-20-38(35)53-27-36)30(4)42(56)28(2)25-50(9,61-14)45(69-49-43(57)39(54(12)13)23-29(3)64-49)31(5)44(32(6)47(58)67-40)68-41-26-51(10,62-15)46(33(7)65-41)66-34(8)55/h17-20,24,27-33,37,39-41,43-46,49,57,60H,16,21-23,25-26H2,1-15H3/t28-,29-,30?,31-,32-,33+,37+,39+,40-,41?,43-,44+,45-,46+,49+,50-,51-,52+/m1/s1. The van der Waals surface area contributed by atoms with E-state index in [1.54, 1.807) is 54.5 Å². The molecule has 3 saturated heterocycles. The Morgan fingerprint density at radius 3 is 2.19 bits per heavy atom. The van der Waals surface area contributed by atoms with Crippen LogP contribution in [-0.2, 0) is 57.0 Å². The second kappa shape index (κ2) is 23.3. The third-order valence-corrected chi connectivity index (χ3v) is 15.3. The van der Waals surface area contributed by atoms with Crippen LogP contribution in [-0.4, -0.2) is 157 Å². The molecule has 0 saturated carbocycles. The largest absolute Gasteiger partial charge is 0.462 e. The Morgan fingerprint density at radius 1 is 0.913 bits per heavy atom. The van der Waals surface area contributed by atoms with Gasteiger partial charge in [-0.3, -0.25) is 19.4 Å². The second-order valence-corrected chi connectivity index (χ2v) is 20.7. The van der Waals surface area contributed by atoms with E-state index in [1.165, 1.54) is 27.3 Å². The van der Waals surface area contributed by atoms with Crippen molar-refractivity contribution >= 4 is 34.6 Å². The molecule has 0 bridgehead atoms. The number of carbonyl (C=O) groups is 4. The number of cyclic esters (lactones) is 1. The van der Waals surface area contributed by atoms with Crippen molar-refractivity contribution in [3.8, 4) is 0 Å². The molecule has 2 N–H and O–H groups in total. The number of benzene rings is 1. The molecule has 4 heterocycles. The highest BCUT2D eigenvalue weighted by Crippen LogP contribution is 2.43. The first-order valence-electron chi connectivity index (χ1n) is 24.5. The third kappa shape index (κ3) is 12.7. The van der Waals surface area contributed by atoms with E-state index in [1.807, 2.05) is 64.0 Å². The SMILES string of the molecule is CC[C@H]1OC(=O)[C@H](C)[C@@H](OC2C[C@@](C)(OC)[C@@H](OC(C)=O)[C@H](C)O2)[C@@H](C)[C@@H](O[C@@H]2O[C@H](C)C[C@H](N(C)C)[C@H]2O)[C@](C)(OC)C[C@@H](C)C(=O)C(C)[C@H](CCOC(=O)c2cnc3ccccc3c2)[C@]1(C)O. The number of Topliss-reactive ketones (excluding diaryl/α,β-unsaturated/α-hetero) is 1. The van der Waals surface area contributed by atoms with Crippen molar-refractivity contribution in [2.24, 2.45) is 29.6 Å². The topological polar surface area (TPSA) is 208 Å². The molecule has 18 atom stereocenters. The van der Waals surface area contributed by atoms with Gasteiger partial charge in [0.05, 0.1) is 53.6 Å². The molecule has 69 heavy (non-hydrogen) atoms. The molecule has 5 rings (SSSR count). The monoisotopic (exact) mass is 973 g/mol. The second-order valence-electron chi connectivity index (χ2n) is 20.7. The number of nitrogens with zero attached hydrogens (tertiary/aromatic N) is 2. The number of fused-ring (bicyclic) bond motifs is 1. The number of esters is 3. The molecule has 3 fully saturated rings. The van der Waals surface area contributed by atoms with Crippen molar-refractivity contribution in [3.05, 3.63) is 42.1 Å². The molecule has 0 amide bonds. The Kier molecular flexibility index (Phi) is 19.0. The summed E-state index contributed by atoms with van der Waals surface area (Å²) in [6, 6.07) is 8.78. The van der Waals surface area contributed by atoms with E-state index in [9.17, 15) is 29.4 Å². The van der Waals surface area contributed by atoms with E-state index in [0.29, 0.717) is 6.42 Å². The van der Waals surface area contributed by atoms with Gasteiger partial charge in [0, 0.05) is 68.9 Å². The van der Waals surface area contributed by atoms with Crippen LogP contribution < -0.4 is 0 Å². The van der Waals surface area contributed by atoms with Crippen LogP contribution in [0.1, 0.15) is 119 Å². The number of pyridine rings is 1. The van der Waals surface area contributed by atoms with Gasteiger partial charge in [0.15, 0.2) is 18.7 Å². The van der Waals surface area contributed by atoms with Gasteiger partial charge in [0.25, 0.3) is 0 Å². The molecule has 1 aromatic carbocycles. The summed E-state index contributed by atoms with van der Waals surface area (Å²) in [7, 11) is 6.79. The van der Waals surface area contributed by atoms with Crippen LogP contribution in [0, 0.1) is 29.6 Å². The maximum atomic E-state index is 14.9. The average molecular weight is 973 g/mol. The van der Waals surface area contributed by atoms with Crippen LogP contribution in [0.5, 0.6) is 0 Å². The minimum Gasteiger partial charge on any atom is -0.462 e. The van der Waals surface area contributed by atoms with E-state index < -0.39 is 114 Å². The lowest BCUT2D eigenvalue weighted by Crippen LogP contribution is -2.61. The van der Waals surface area contributed by atoms with Crippen molar-refractivity contribution < 1.29 is 72.0 Å². The number of ketones is 1. The molecule has 2 aromatic rings. The lowest BCUT2D eigenvalue weighted by atomic mass is 9.69. The Bertz CT molecular complexity index is 2070. The molecule has 17 nitrogen and oxygen atoms in total. The van der Waals surface area contributed by atoms with Gasteiger partial charge in [-0.1, -0.05) is 45.9 Å². The van der Waals surface area contributed by atoms with Crippen LogP contribution in [0.4, 0.5) is 0 Å². The third-order valence-electron chi connectivity index (χ3n) is 15.3. The van der Waals surface area contributed by atoms with Crippen molar-refractivity contribution in [2.75, 3.05) is 34.9 Å². The summed E-state index contributed by atoms with van der Waals surface area (Å²) in [4.78, 5) is 61.7. The van der Waals surface area contributed by atoms with Gasteiger partial charge in [0.1, 0.15) is 29.2 Å². The Labute approximate surface area is 408 Å². The highest BCUT2D eigenvalue weighted by atomic mass is 16.7. The average Bonchev–Trinajstić information content (AvgIpc) is 3.30. The summed E-state index contributed by atoms with van der Waals surface area (Å²) < 4.78 is 56.9. The zero-order valence-corrected chi connectivity index (χ0v) is 43.5. The summed E-state index contributed by atoms with van der Waals surface area (Å²) in [5.74, 6) is -6.27. The van der Waals surface area contributed by atoms with Gasteiger partial charge in [-0.15, -0.1) is 0 Å². The lowest BCUT2D eigenvalue weighted by molar-refractivity contribution is -0.320. The lowest BCUT2D eigenvalue weighted by Gasteiger charge is -2.50. The Balaban J connectivity index is 1.57. The summed E-state index contributed by atoms with van der Waals surface area (Å²) in [5, 5.41) is 25.3. The summed E-state index contributed by atoms with van der Waals surface area (Å²) in [6.45, 7) is 18.8. The number of rotatable bonds is 13. The van der Waals surface area contributed by atoms with Gasteiger partial charge in [0.2, 0.25) is 0 Å². The maximum absolute atomic E-state index is 14.9. The van der Waals surface area contributed by atoms with Crippen LogP contribution in [0.3, 0.4) is 0 Å². The highest BCUT2D eigenvalue weighted by molar-refractivity contribution is 5.93. The van der Waals surface area contributed by atoms with Crippen LogP contribution in [0.2, 0.25) is 0 Å². The fraction of sp³-hybridized carbons (Fsp3) is 0.750. The van der Waals surface area contributed by atoms with Gasteiger partial charge in [-0.2, -0.15) is 0 Å². The molecule has 2 unspecified atom stereocenters. The number of aliphatic hydroxyl groups is 2. The van der Waals surface area contributed by atoms with Crippen molar-refractivity contribution in [1.82, 2.24) is 9.88 Å². The van der Waals surface area contributed by atoms with Crippen LogP contribution in [0.25, 0.3) is 10.9 Å². The molecule has 0 radical (unpaired) electrons. The minimum absolute atomic E-state index is 0.0466. The number of likely N-dealkylation sites (N-methyl/N-ethyl adjacent to an activating group) is 1. The molecule has 0 spiro atoms. The number of methoxy groups -OCH3 is 2. The molecular weight excluding hydrogens is 893 g/mol. The zero-order chi connectivity index (χ0) is 51.3. The number of carbonyl (C=O) groups excluding carboxylic acids is 4. The van der Waals surface area contributed by atoms with Crippen LogP contribution >= 0.6 is 0 Å². The highest BCUT2D eigenvalue weighted by Gasteiger charge is 2.55. The van der Waals surface area contributed by atoms with Gasteiger partial charge in [-0.05, 0) is 93.5 Å². The zero-order valence-electron chi connectivity index (χ0n) is 43.5. The summed E-state index contributed by atoms with van der Waals surface area (Å²) in [6.07, 6.45) is -5.85. The quantitative estimate of drug-likeness (QED) is 0.173. The molecule has 3 aliphatic heterocycles. The van der Waals surface area contributed by atoms with Gasteiger partial charge < -0.3 is 57.7 Å². The van der Waals surface area contributed by atoms with Gasteiger partial charge in [-0.25, -0.2) is 4.79 Å². The first-order valence-corrected chi connectivity index (χ1v) is 24.5. The molecular formula is C52H80N2O15. The summed E-state index contributed by atoms with van der Waals surface area (Å²) in [5.41, 5.74) is -3.20. The number of para-hydroxylation sites is 1. The maximum Gasteiger partial charge on any atom is 0.339 e. The van der Waals surface area contributed by atoms with E-state index in [2.05, 4.69) is 4.98 Å². The van der Waals surface area contributed by atoms with E-state index in [0.717, 1.165) is 10.9 Å². The predicted octanol–water partition coefficient (Wildman–Crippen LogP) is 6.06. The number of ether oxygens (including phenoxy) is 9. The first-order chi connectivity index (χ1) is 32.3.